The molecule has 0 radical (unpaired) electrons. The molecule has 0 bridgehead atoms. The molecule has 0 saturated carbocycles. The van der Waals surface area contributed by atoms with Crippen LogP contribution in [0, 0.1) is 0 Å². The van der Waals surface area contributed by atoms with Crippen LogP contribution in [0.25, 0.3) is 0 Å². The summed E-state index contributed by atoms with van der Waals surface area (Å²) in [6.07, 6.45) is -1.30. The summed E-state index contributed by atoms with van der Waals surface area (Å²) >= 11 is 5.74. The number of hydrogen-bond donors (Lipinski definition) is 4. The Balaban J connectivity index is 3.03. The first-order valence-corrected chi connectivity index (χ1v) is 5.24. The highest BCUT2D eigenvalue weighted by atomic mass is 35.5. The number of nitrogens with one attached hydrogen (secondary N) is 1. The van der Waals surface area contributed by atoms with Crippen molar-refractivity contribution in [2.45, 2.75) is 12.2 Å². The molecule has 94 valence electrons. The summed E-state index contributed by atoms with van der Waals surface area (Å²) in [5.41, 5.74) is -0.00516. The van der Waals surface area contributed by atoms with Crippen molar-refractivity contribution in [2.24, 2.45) is 0 Å². The van der Waals surface area contributed by atoms with Crippen LogP contribution in [0.5, 0.6) is 0 Å². The summed E-state index contributed by atoms with van der Waals surface area (Å²) in [5, 5.41) is 30.8. The van der Waals surface area contributed by atoms with E-state index in [2.05, 4.69) is 10.3 Å². The van der Waals surface area contributed by atoms with Gasteiger partial charge in [0.2, 0.25) is 0 Å². The molecule has 2 atom stereocenters. The zero-order valence-corrected chi connectivity index (χ0v) is 9.85. The van der Waals surface area contributed by atoms with Crippen molar-refractivity contribution in [3.8, 4) is 0 Å². The van der Waals surface area contributed by atoms with Gasteiger partial charge in [-0.25, -0.2) is 9.78 Å². The molecule has 0 spiro atoms. The van der Waals surface area contributed by atoms with E-state index in [1.54, 1.807) is 7.05 Å². The molecule has 6 nitrogen and oxygen atoms in total. The zero-order chi connectivity index (χ0) is 13.0. The number of carbonyl (C=O) groups is 1. The smallest absolute Gasteiger partial charge is 0.337 e. The Labute approximate surface area is 103 Å². The monoisotopic (exact) mass is 260 g/mol. The number of nitrogens with zero attached hydrogens (tertiary/aromatic N) is 1. The number of aliphatic hydroxyl groups excluding tert-OH is 2. The number of pyridine rings is 1. The van der Waals surface area contributed by atoms with Gasteiger partial charge in [-0.15, -0.1) is 0 Å². The number of aliphatic hydroxyl groups is 2. The number of aromatic nitrogens is 1. The Morgan fingerprint density at radius 2 is 2.24 bits per heavy atom. The SMILES string of the molecule is CNCC(O)C(O)c1cc(C(=O)O)cnc1Cl. The normalized spacial score (nSPS) is 14.4. The highest BCUT2D eigenvalue weighted by Gasteiger charge is 2.22. The molecule has 0 aromatic carbocycles. The van der Waals surface area contributed by atoms with E-state index < -0.39 is 18.2 Å². The van der Waals surface area contributed by atoms with Crippen molar-refractivity contribution in [1.82, 2.24) is 10.3 Å². The van der Waals surface area contributed by atoms with Crippen LogP contribution in [0.15, 0.2) is 12.3 Å². The first kappa shape index (κ1) is 13.9. The second kappa shape index (κ2) is 5.92. The molecule has 1 aromatic heterocycles. The molecule has 17 heavy (non-hydrogen) atoms. The fourth-order valence-corrected chi connectivity index (χ4v) is 1.53. The number of halogens is 1. The van der Waals surface area contributed by atoms with Gasteiger partial charge in [0.1, 0.15) is 11.3 Å². The third-order valence-electron chi connectivity index (χ3n) is 2.21. The maximum atomic E-state index is 10.7. The van der Waals surface area contributed by atoms with E-state index in [0.29, 0.717) is 0 Å². The van der Waals surface area contributed by atoms with E-state index in [9.17, 15) is 15.0 Å². The number of carboxylic acids is 1. The standard InChI is InChI=1S/C10H13ClN2O4/c1-12-4-7(14)8(15)6-2-5(10(16)17)3-13-9(6)11/h2-3,7-8,12,14-15H,4H2,1H3,(H,16,17). The van der Waals surface area contributed by atoms with Crippen molar-refractivity contribution in [1.29, 1.82) is 0 Å². The van der Waals surface area contributed by atoms with Crippen molar-refractivity contribution in [3.63, 3.8) is 0 Å². The minimum Gasteiger partial charge on any atom is -0.478 e. The second-order valence-electron chi connectivity index (χ2n) is 3.48. The van der Waals surface area contributed by atoms with E-state index in [1.807, 2.05) is 0 Å². The molecule has 7 heteroatoms. The summed E-state index contributed by atoms with van der Waals surface area (Å²) in [5.74, 6) is -1.18. The number of rotatable bonds is 5. The molecular weight excluding hydrogens is 248 g/mol. The molecular formula is C10H13ClN2O4. The molecule has 0 fully saturated rings. The van der Waals surface area contributed by atoms with Crippen LogP contribution in [-0.4, -0.2) is 46.0 Å². The molecule has 2 unspecified atom stereocenters. The lowest BCUT2D eigenvalue weighted by atomic mass is 10.0. The van der Waals surface area contributed by atoms with Crippen molar-refractivity contribution in [3.05, 3.63) is 28.5 Å². The molecule has 1 rings (SSSR count). The fraction of sp³-hybridized carbons (Fsp3) is 0.400. The summed E-state index contributed by atoms with van der Waals surface area (Å²) in [7, 11) is 1.61. The fourth-order valence-electron chi connectivity index (χ4n) is 1.32. The minimum atomic E-state index is -1.29. The minimum absolute atomic E-state index is 0.0300. The van der Waals surface area contributed by atoms with Gasteiger partial charge in [0.25, 0.3) is 0 Å². The number of likely N-dealkylation sites (N-methyl/N-ethyl adjacent to an activating group) is 1. The largest absolute Gasteiger partial charge is 0.478 e. The highest BCUT2D eigenvalue weighted by molar-refractivity contribution is 6.30. The Bertz CT molecular complexity index is 413. The van der Waals surface area contributed by atoms with Crippen LogP contribution in [0.3, 0.4) is 0 Å². The van der Waals surface area contributed by atoms with Crippen LogP contribution in [0.4, 0.5) is 0 Å². The maximum Gasteiger partial charge on any atom is 0.337 e. The van der Waals surface area contributed by atoms with Gasteiger partial charge < -0.3 is 20.6 Å². The van der Waals surface area contributed by atoms with Gasteiger partial charge >= 0.3 is 5.97 Å². The average molecular weight is 261 g/mol. The average Bonchev–Trinajstić information content (AvgIpc) is 2.28. The first-order valence-electron chi connectivity index (χ1n) is 4.86. The van der Waals surface area contributed by atoms with E-state index in [1.165, 1.54) is 6.07 Å². The van der Waals surface area contributed by atoms with Crippen molar-refractivity contribution >= 4 is 17.6 Å². The first-order chi connectivity index (χ1) is 7.97. The Hall–Kier alpha value is -1.21. The molecule has 1 aromatic rings. The van der Waals surface area contributed by atoms with Gasteiger partial charge in [-0.05, 0) is 13.1 Å². The number of aromatic carboxylic acids is 1. The van der Waals surface area contributed by atoms with Crippen LogP contribution in [0.2, 0.25) is 5.15 Å². The lowest BCUT2D eigenvalue weighted by Crippen LogP contribution is -2.30. The second-order valence-corrected chi connectivity index (χ2v) is 3.84. The summed E-state index contributed by atoms with van der Waals surface area (Å²) in [4.78, 5) is 14.4. The predicted octanol–water partition coefficient (Wildman–Crippen LogP) is 0.0469. The Kier molecular flexibility index (Phi) is 4.83. The lowest BCUT2D eigenvalue weighted by molar-refractivity contribution is 0.0200. The zero-order valence-electron chi connectivity index (χ0n) is 9.09. The van der Waals surface area contributed by atoms with Gasteiger partial charge in [0.05, 0.1) is 11.7 Å². The molecule has 0 aliphatic rings. The third kappa shape index (κ3) is 3.37. The van der Waals surface area contributed by atoms with Gasteiger partial charge in [0, 0.05) is 18.3 Å². The Morgan fingerprint density at radius 3 is 2.76 bits per heavy atom. The molecule has 4 N–H and O–H groups in total. The quantitative estimate of drug-likeness (QED) is 0.558. The number of hydrogen-bond acceptors (Lipinski definition) is 5. The molecule has 0 aliphatic heterocycles. The van der Waals surface area contributed by atoms with E-state index in [0.717, 1.165) is 6.20 Å². The lowest BCUT2D eigenvalue weighted by Gasteiger charge is -2.18. The molecule has 1 heterocycles. The number of carboxylic acid groups (broad SMARTS) is 1. The van der Waals surface area contributed by atoms with E-state index >= 15 is 0 Å². The van der Waals surface area contributed by atoms with Crippen LogP contribution >= 0.6 is 11.6 Å². The topological polar surface area (TPSA) is 103 Å². The van der Waals surface area contributed by atoms with Gasteiger partial charge in [-0.2, -0.15) is 0 Å². The summed E-state index contributed by atoms with van der Waals surface area (Å²) in [6, 6.07) is 1.20. The van der Waals surface area contributed by atoms with Crippen LogP contribution in [-0.2, 0) is 0 Å². The van der Waals surface area contributed by atoms with Gasteiger partial charge in [-0.1, -0.05) is 11.6 Å². The van der Waals surface area contributed by atoms with Gasteiger partial charge in [0.15, 0.2) is 0 Å². The predicted molar refractivity (Wildman–Crippen MR) is 61.1 cm³/mol. The van der Waals surface area contributed by atoms with Crippen LogP contribution < -0.4 is 5.32 Å². The molecule has 0 amide bonds. The van der Waals surface area contributed by atoms with Gasteiger partial charge in [-0.3, -0.25) is 0 Å². The maximum absolute atomic E-state index is 10.7. The summed E-state index contributed by atoms with van der Waals surface area (Å²) in [6.45, 7) is 0.148. The highest BCUT2D eigenvalue weighted by Crippen LogP contribution is 2.24. The third-order valence-corrected chi connectivity index (χ3v) is 2.53. The van der Waals surface area contributed by atoms with E-state index in [-0.39, 0.29) is 22.8 Å². The molecule has 0 aliphatic carbocycles. The van der Waals surface area contributed by atoms with E-state index in [4.69, 9.17) is 16.7 Å². The van der Waals surface area contributed by atoms with Crippen molar-refractivity contribution < 1.29 is 20.1 Å². The summed E-state index contributed by atoms with van der Waals surface area (Å²) < 4.78 is 0. The Morgan fingerprint density at radius 1 is 1.59 bits per heavy atom. The van der Waals surface area contributed by atoms with Crippen LogP contribution in [0.1, 0.15) is 22.0 Å². The van der Waals surface area contributed by atoms with Crippen molar-refractivity contribution in [2.75, 3.05) is 13.6 Å². The molecule has 0 saturated heterocycles.